The summed E-state index contributed by atoms with van der Waals surface area (Å²) < 4.78 is 5.15. The van der Waals surface area contributed by atoms with Crippen molar-refractivity contribution in [2.75, 3.05) is 7.11 Å². The zero-order valence-corrected chi connectivity index (χ0v) is 19.5. The second-order valence-corrected chi connectivity index (χ2v) is 8.73. The first-order chi connectivity index (χ1) is 17.0. The number of nitrogens with zero attached hydrogens (tertiary/aromatic N) is 3. The minimum Gasteiger partial charge on any atom is -0.497 e. The van der Waals surface area contributed by atoms with Crippen LogP contribution in [0.2, 0.25) is 0 Å². The van der Waals surface area contributed by atoms with Crippen molar-refractivity contribution in [2.24, 2.45) is 0 Å². The fourth-order valence-electron chi connectivity index (χ4n) is 3.77. The molecule has 0 aliphatic carbocycles. The largest absolute Gasteiger partial charge is 0.497 e. The van der Waals surface area contributed by atoms with Crippen molar-refractivity contribution in [3.8, 4) is 16.3 Å². The predicted octanol–water partition coefficient (Wildman–Crippen LogP) is 3.94. The van der Waals surface area contributed by atoms with Crippen LogP contribution in [0, 0.1) is 0 Å². The molecule has 0 atom stereocenters. The van der Waals surface area contributed by atoms with Gasteiger partial charge in [-0.15, -0.1) is 11.3 Å². The second-order valence-electron chi connectivity index (χ2n) is 7.87. The first-order valence-corrected chi connectivity index (χ1v) is 11.7. The Morgan fingerprint density at radius 2 is 1.86 bits per heavy atom. The number of fused-ring (bicyclic) bond motifs is 1. The molecule has 0 unspecified atom stereocenters. The summed E-state index contributed by atoms with van der Waals surface area (Å²) >= 11 is 1.47. The minimum absolute atomic E-state index is 0.140. The van der Waals surface area contributed by atoms with Crippen LogP contribution in [-0.2, 0) is 13.1 Å². The van der Waals surface area contributed by atoms with Crippen molar-refractivity contribution in [3.63, 3.8) is 0 Å². The number of thiazole rings is 1. The summed E-state index contributed by atoms with van der Waals surface area (Å²) in [6, 6.07) is 15.5. The van der Waals surface area contributed by atoms with E-state index in [1.807, 2.05) is 17.5 Å². The Morgan fingerprint density at radius 3 is 2.60 bits per heavy atom. The van der Waals surface area contributed by atoms with E-state index in [-0.39, 0.29) is 30.5 Å². The lowest BCUT2D eigenvalue weighted by Crippen LogP contribution is -2.29. The SMILES string of the molecule is COc1ccc(CN2C(=O)c3ccc(C(=O)NCc4csc(-c5cccnc5)n4)cc3C2=O)cc1. The second kappa shape index (κ2) is 9.47. The molecule has 0 spiro atoms. The molecule has 35 heavy (non-hydrogen) atoms. The number of rotatable bonds is 7. The number of methoxy groups -OCH3 is 1. The van der Waals surface area contributed by atoms with E-state index in [0.717, 1.165) is 21.8 Å². The quantitative estimate of drug-likeness (QED) is 0.399. The van der Waals surface area contributed by atoms with Crippen LogP contribution in [0.4, 0.5) is 0 Å². The minimum atomic E-state index is -0.420. The fraction of sp³-hybridized carbons (Fsp3) is 0.115. The number of nitrogens with one attached hydrogen (secondary N) is 1. The number of benzene rings is 2. The third-order valence-electron chi connectivity index (χ3n) is 5.62. The number of carbonyl (C=O) groups excluding carboxylic acids is 3. The van der Waals surface area contributed by atoms with Gasteiger partial charge in [0.2, 0.25) is 0 Å². The standard InChI is InChI=1S/C26H20N4O4S/c1-34-20-7-4-16(5-8-20)14-30-25(32)21-9-6-17(11-22(21)26(30)33)23(31)28-13-19-15-35-24(29-19)18-3-2-10-27-12-18/h2-12,15H,13-14H2,1H3,(H,28,31). The molecule has 174 valence electrons. The van der Waals surface area contributed by atoms with Gasteiger partial charge >= 0.3 is 0 Å². The molecule has 9 heteroatoms. The molecule has 0 bridgehead atoms. The van der Waals surface area contributed by atoms with Gasteiger partial charge < -0.3 is 10.1 Å². The molecule has 0 fully saturated rings. The summed E-state index contributed by atoms with van der Waals surface area (Å²) in [6.07, 6.45) is 3.44. The van der Waals surface area contributed by atoms with Crippen LogP contribution in [0.5, 0.6) is 5.75 Å². The van der Waals surface area contributed by atoms with Crippen LogP contribution in [-0.4, -0.2) is 39.7 Å². The Morgan fingerprint density at radius 1 is 1.06 bits per heavy atom. The monoisotopic (exact) mass is 484 g/mol. The van der Waals surface area contributed by atoms with Crippen molar-refractivity contribution in [2.45, 2.75) is 13.1 Å². The summed E-state index contributed by atoms with van der Waals surface area (Å²) in [5, 5.41) is 5.53. The molecule has 3 heterocycles. The van der Waals surface area contributed by atoms with Crippen molar-refractivity contribution < 1.29 is 19.1 Å². The Bertz CT molecular complexity index is 1420. The summed E-state index contributed by atoms with van der Waals surface area (Å²) in [5.41, 5.74) is 3.26. The van der Waals surface area contributed by atoms with Crippen molar-refractivity contribution >= 4 is 29.1 Å². The van der Waals surface area contributed by atoms with E-state index in [0.29, 0.717) is 16.9 Å². The Labute approximate surface area is 205 Å². The Hall–Kier alpha value is -4.37. The number of ether oxygens (including phenoxy) is 1. The molecule has 3 amide bonds. The molecular formula is C26H20N4O4S. The fourth-order valence-corrected chi connectivity index (χ4v) is 4.58. The van der Waals surface area contributed by atoms with Crippen LogP contribution < -0.4 is 10.1 Å². The summed E-state index contributed by atoms with van der Waals surface area (Å²) in [6.45, 7) is 0.379. The zero-order chi connectivity index (χ0) is 24.4. The maximum absolute atomic E-state index is 13.0. The molecule has 0 saturated heterocycles. The molecule has 1 aliphatic heterocycles. The maximum atomic E-state index is 13.0. The molecule has 8 nitrogen and oxygen atoms in total. The van der Waals surface area contributed by atoms with Crippen molar-refractivity contribution in [3.05, 3.63) is 100 Å². The average Bonchev–Trinajstić information content (AvgIpc) is 3.47. The van der Waals surface area contributed by atoms with E-state index in [1.54, 1.807) is 49.8 Å². The van der Waals surface area contributed by atoms with Gasteiger partial charge in [-0.05, 0) is 48.0 Å². The number of pyridine rings is 1. The first-order valence-electron chi connectivity index (χ1n) is 10.8. The van der Waals surface area contributed by atoms with Gasteiger partial charge in [0, 0.05) is 28.9 Å². The lowest BCUT2D eigenvalue weighted by atomic mass is 10.1. The highest BCUT2D eigenvalue weighted by Crippen LogP contribution is 2.27. The van der Waals surface area contributed by atoms with Crippen LogP contribution in [0.15, 0.2) is 72.4 Å². The number of carbonyl (C=O) groups is 3. The molecule has 0 radical (unpaired) electrons. The number of amides is 3. The van der Waals surface area contributed by atoms with Crippen molar-refractivity contribution in [1.82, 2.24) is 20.2 Å². The highest BCUT2D eigenvalue weighted by molar-refractivity contribution is 7.13. The highest BCUT2D eigenvalue weighted by Gasteiger charge is 2.36. The van der Waals surface area contributed by atoms with Gasteiger partial charge in [-0.1, -0.05) is 12.1 Å². The van der Waals surface area contributed by atoms with E-state index in [2.05, 4.69) is 15.3 Å². The molecule has 2 aromatic heterocycles. The summed E-state index contributed by atoms with van der Waals surface area (Å²) in [4.78, 5) is 48.3. The van der Waals surface area contributed by atoms with E-state index in [4.69, 9.17) is 4.74 Å². The van der Waals surface area contributed by atoms with Gasteiger partial charge in [-0.2, -0.15) is 0 Å². The predicted molar refractivity (Wildman–Crippen MR) is 130 cm³/mol. The molecule has 0 saturated carbocycles. The van der Waals surface area contributed by atoms with Crippen LogP contribution in [0.1, 0.15) is 42.3 Å². The van der Waals surface area contributed by atoms with E-state index < -0.39 is 5.91 Å². The van der Waals surface area contributed by atoms with E-state index >= 15 is 0 Å². The smallest absolute Gasteiger partial charge is 0.261 e. The van der Waals surface area contributed by atoms with Gasteiger partial charge in [0.25, 0.3) is 17.7 Å². The zero-order valence-electron chi connectivity index (χ0n) is 18.7. The van der Waals surface area contributed by atoms with E-state index in [9.17, 15) is 14.4 Å². The van der Waals surface area contributed by atoms with Crippen LogP contribution in [0.3, 0.4) is 0 Å². The average molecular weight is 485 g/mol. The van der Waals surface area contributed by atoms with Crippen LogP contribution in [0.25, 0.3) is 10.6 Å². The molecular weight excluding hydrogens is 464 g/mol. The molecule has 5 rings (SSSR count). The lowest BCUT2D eigenvalue weighted by molar-refractivity contribution is 0.0642. The Kier molecular flexibility index (Phi) is 6.07. The third-order valence-corrected chi connectivity index (χ3v) is 6.56. The normalized spacial score (nSPS) is 12.5. The molecule has 1 N–H and O–H groups in total. The number of hydrogen-bond acceptors (Lipinski definition) is 7. The first kappa shape index (κ1) is 22.4. The highest BCUT2D eigenvalue weighted by atomic mass is 32.1. The van der Waals surface area contributed by atoms with Gasteiger partial charge in [-0.3, -0.25) is 24.3 Å². The topological polar surface area (TPSA) is 101 Å². The molecule has 4 aromatic rings. The number of hydrogen-bond donors (Lipinski definition) is 1. The maximum Gasteiger partial charge on any atom is 0.261 e. The van der Waals surface area contributed by atoms with Gasteiger partial charge in [-0.25, -0.2) is 4.98 Å². The molecule has 1 aliphatic rings. The number of aromatic nitrogens is 2. The van der Waals surface area contributed by atoms with Crippen LogP contribution >= 0.6 is 11.3 Å². The number of imide groups is 1. The third kappa shape index (κ3) is 4.53. The Balaban J connectivity index is 1.26. The van der Waals surface area contributed by atoms with Gasteiger partial charge in [0.1, 0.15) is 10.8 Å². The summed E-state index contributed by atoms with van der Waals surface area (Å²) in [7, 11) is 1.57. The van der Waals surface area contributed by atoms with Gasteiger partial charge in [0.05, 0.1) is 37.0 Å². The van der Waals surface area contributed by atoms with E-state index in [1.165, 1.54) is 28.4 Å². The van der Waals surface area contributed by atoms with Crippen molar-refractivity contribution in [1.29, 1.82) is 0 Å². The lowest BCUT2D eigenvalue weighted by Gasteiger charge is -2.14. The van der Waals surface area contributed by atoms with Gasteiger partial charge in [0.15, 0.2) is 0 Å². The molecule has 2 aromatic carbocycles. The summed E-state index contributed by atoms with van der Waals surface area (Å²) in [5.74, 6) is -0.454.